The second kappa shape index (κ2) is 6.05. The Morgan fingerprint density at radius 1 is 1.24 bits per heavy atom. The fraction of sp³-hybridized carbons (Fsp3) is 0.647. The molecule has 0 spiro atoms. The molecule has 0 aliphatic carbocycles. The van der Waals surface area contributed by atoms with Crippen molar-refractivity contribution in [1.82, 2.24) is 4.90 Å². The van der Waals surface area contributed by atoms with E-state index in [0.29, 0.717) is 11.1 Å². The first-order valence-electron chi connectivity index (χ1n) is 7.97. The number of hydrogen-bond donors (Lipinski definition) is 1. The molecule has 0 saturated carbocycles. The lowest BCUT2D eigenvalue weighted by molar-refractivity contribution is 0.169. The highest BCUT2D eigenvalue weighted by Gasteiger charge is 2.38. The molecule has 2 heterocycles. The van der Waals surface area contributed by atoms with Gasteiger partial charge in [0.15, 0.2) is 0 Å². The van der Waals surface area contributed by atoms with Gasteiger partial charge >= 0.3 is 0 Å². The van der Waals surface area contributed by atoms with Crippen molar-refractivity contribution in [3.63, 3.8) is 0 Å². The molecule has 0 aromatic heterocycles. The largest absolute Gasteiger partial charge is 0.489 e. The second-order valence-electron chi connectivity index (χ2n) is 6.67. The molecule has 4 heteroatoms. The highest BCUT2D eigenvalue weighted by molar-refractivity contribution is 6.32. The number of nitrogens with one attached hydrogen (secondary N) is 1. The van der Waals surface area contributed by atoms with E-state index in [9.17, 15) is 0 Å². The van der Waals surface area contributed by atoms with Crippen molar-refractivity contribution in [3.05, 3.63) is 23.2 Å². The van der Waals surface area contributed by atoms with E-state index in [1.807, 2.05) is 26.0 Å². The first-order chi connectivity index (χ1) is 10.0. The zero-order chi connectivity index (χ0) is 15.0. The van der Waals surface area contributed by atoms with E-state index in [2.05, 4.69) is 23.3 Å². The monoisotopic (exact) mass is 308 g/mol. The van der Waals surface area contributed by atoms with E-state index in [1.54, 1.807) is 0 Å². The fourth-order valence-corrected chi connectivity index (χ4v) is 3.93. The maximum absolute atomic E-state index is 6.31. The minimum Gasteiger partial charge on any atom is -0.489 e. The Bertz CT molecular complexity index is 492. The van der Waals surface area contributed by atoms with Crippen LogP contribution in [0.1, 0.15) is 39.5 Å². The predicted octanol–water partition coefficient (Wildman–Crippen LogP) is 4.16. The van der Waals surface area contributed by atoms with Gasteiger partial charge in [-0.25, -0.2) is 0 Å². The molecule has 2 saturated heterocycles. The van der Waals surface area contributed by atoms with Gasteiger partial charge in [0.25, 0.3) is 0 Å². The Hall–Kier alpha value is -0.930. The number of anilines is 1. The second-order valence-corrected chi connectivity index (χ2v) is 7.08. The van der Waals surface area contributed by atoms with Gasteiger partial charge in [-0.15, -0.1) is 0 Å². The summed E-state index contributed by atoms with van der Waals surface area (Å²) in [6.45, 7) is 4.02. The van der Waals surface area contributed by atoms with Crippen LogP contribution >= 0.6 is 11.6 Å². The van der Waals surface area contributed by atoms with Crippen LogP contribution in [0.5, 0.6) is 5.75 Å². The highest BCUT2D eigenvalue weighted by atomic mass is 35.5. The smallest absolute Gasteiger partial charge is 0.138 e. The van der Waals surface area contributed by atoms with Crippen molar-refractivity contribution >= 4 is 17.3 Å². The molecular formula is C17H25ClN2O. The highest BCUT2D eigenvalue weighted by Crippen LogP contribution is 2.36. The molecule has 1 N–H and O–H groups in total. The van der Waals surface area contributed by atoms with Gasteiger partial charge in [-0.2, -0.15) is 0 Å². The van der Waals surface area contributed by atoms with Crippen LogP contribution in [0.4, 0.5) is 5.69 Å². The topological polar surface area (TPSA) is 24.5 Å². The van der Waals surface area contributed by atoms with Crippen molar-refractivity contribution in [3.8, 4) is 5.75 Å². The molecule has 0 radical (unpaired) electrons. The summed E-state index contributed by atoms with van der Waals surface area (Å²) in [4.78, 5) is 2.56. The Balaban J connectivity index is 1.64. The normalized spacial score (nSPS) is 28.9. The Labute approximate surface area is 132 Å². The first-order valence-corrected chi connectivity index (χ1v) is 8.35. The fourth-order valence-electron chi connectivity index (χ4n) is 3.71. The van der Waals surface area contributed by atoms with Gasteiger partial charge in [-0.3, -0.25) is 0 Å². The molecule has 2 atom stereocenters. The molecular weight excluding hydrogens is 284 g/mol. The van der Waals surface area contributed by atoms with Crippen molar-refractivity contribution in [2.75, 3.05) is 12.4 Å². The van der Waals surface area contributed by atoms with E-state index in [4.69, 9.17) is 16.3 Å². The van der Waals surface area contributed by atoms with E-state index >= 15 is 0 Å². The summed E-state index contributed by atoms with van der Waals surface area (Å²) >= 11 is 6.31. The van der Waals surface area contributed by atoms with Crippen LogP contribution in [0.2, 0.25) is 5.02 Å². The quantitative estimate of drug-likeness (QED) is 0.903. The van der Waals surface area contributed by atoms with Crippen molar-refractivity contribution in [2.24, 2.45) is 0 Å². The lowest BCUT2D eigenvalue weighted by atomic mass is 9.98. The van der Waals surface area contributed by atoms with Crippen LogP contribution in [-0.2, 0) is 0 Å². The number of ether oxygens (including phenoxy) is 1. The zero-order valence-corrected chi connectivity index (χ0v) is 13.9. The molecule has 21 heavy (non-hydrogen) atoms. The summed E-state index contributed by atoms with van der Waals surface area (Å²) in [6, 6.07) is 8.09. The van der Waals surface area contributed by atoms with Crippen LogP contribution in [0.25, 0.3) is 0 Å². The molecule has 3 rings (SSSR count). The minimum absolute atomic E-state index is 0.144. The molecule has 2 unspecified atom stereocenters. The maximum atomic E-state index is 6.31. The van der Waals surface area contributed by atoms with Gasteiger partial charge in [0.1, 0.15) is 5.75 Å². The average Bonchev–Trinajstić information content (AvgIpc) is 2.64. The van der Waals surface area contributed by atoms with Gasteiger partial charge in [-0.1, -0.05) is 11.6 Å². The van der Waals surface area contributed by atoms with Gasteiger partial charge in [0, 0.05) is 23.8 Å². The lowest BCUT2D eigenvalue weighted by Crippen LogP contribution is -2.44. The predicted molar refractivity (Wildman–Crippen MR) is 88.4 cm³/mol. The van der Waals surface area contributed by atoms with Gasteiger partial charge < -0.3 is 15.0 Å². The van der Waals surface area contributed by atoms with E-state index < -0.39 is 0 Å². The number of halogens is 1. The van der Waals surface area contributed by atoms with Crippen molar-refractivity contribution in [2.45, 2.75) is 63.8 Å². The number of fused-ring (bicyclic) bond motifs is 2. The first kappa shape index (κ1) is 15.0. The molecule has 2 fully saturated rings. The molecule has 2 aliphatic rings. The molecule has 1 aromatic rings. The number of benzene rings is 1. The Morgan fingerprint density at radius 2 is 1.90 bits per heavy atom. The summed E-state index contributed by atoms with van der Waals surface area (Å²) in [6.07, 6.45) is 5.30. The zero-order valence-electron chi connectivity index (χ0n) is 13.1. The molecule has 116 valence electrons. The van der Waals surface area contributed by atoms with Crippen LogP contribution in [0.3, 0.4) is 0 Å². The molecule has 2 bridgehead atoms. The Kier molecular flexibility index (Phi) is 4.32. The minimum atomic E-state index is 0.144. The van der Waals surface area contributed by atoms with Crippen molar-refractivity contribution in [1.29, 1.82) is 0 Å². The summed E-state index contributed by atoms with van der Waals surface area (Å²) in [5, 5.41) is 4.34. The van der Waals surface area contributed by atoms with Crippen LogP contribution in [0, 0.1) is 0 Å². The van der Waals surface area contributed by atoms with E-state index in [1.165, 1.54) is 25.7 Å². The van der Waals surface area contributed by atoms with E-state index in [-0.39, 0.29) is 6.10 Å². The average molecular weight is 309 g/mol. The van der Waals surface area contributed by atoms with Crippen LogP contribution in [-0.4, -0.2) is 36.2 Å². The summed E-state index contributed by atoms with van der Waals surface area (Å²) in [7, 11) is 2.27. The van der Waals surface area contributed by atoms with Gasteiger partial charge in [-0.05, 0) is 64.8 Å². The third-order valence-corrected chi connectivity index (χ3v) is 5.06. The molecule has 3 nitrogen and oxygen atoms in total. The summed E-state index contributed by atoms with van der Waals surface area (Å²) in [5.41, 5.74) is 1.10. The number of nitrogens with zero attached hydrogens (tertiary/aromatic N) is 1. The van der Waals surface area contributed by atoms with E-state index in [0.717, 1.165) is 23.5 Å². The van der Waals surface area contributed by atoms with Crippen molar-refractivity contribution < 1.29 is 4.74 Å². The number of rotatable bonds is 4. The van der Waals surface area contributed by atoms with Gasteiger partial charge in [0.2, 0.25) is 0 Å². The third-order valence-electron chi connectivity index (χ3n) is 4.76. The SMILES string of the molecule is CC(C)Oc1ccc(NC2CC3CCC(C2)N3C)cc1Cl. The van der Waals surface area contributed by atoms with Crippen LogP contribution in [0.15, 0.2) is 18.2 Å². The molecule has 2 aliphatic heterocycles. The third kappa shape index (κ3) is 3.29. The molecule has 0 amide bonds. The van der Waals surface area contributed by atoms with Gasteiger partial charge in [0.05, 0.1) is 11.1 Å². The summed E-state index contributed by atoms with van der Waals surface area (Å²) in [5.74, 6) is 0.765. The molecule has 1 aromatic carbocycles. The number of piperidine rings is 1. The standard InChI is InChI=1S/C17H25ClN2O/c1-11(2)21-17-7-4-12(10-16(17)18)19-13-8-14-5-6-15(9-13)20(14)3/h4,7,10-11,13-15,19H,5-6,8-9H2,1-3H3. The Morgan fingerprint density at radius 3 is 2.48 bits per heavy atom. The lowest BCUT2D eigenvalue weighted by Gasteiger charge is -2.37. The number of hydrogen-bond acceptors (Lipinski definition) is 3. The maximum Gasteiger partial charge on any atom is 0.138 e. The van der Waals surface area contributed by atoms with Crippen LogP contribution < -0.4 is 10.1 Å². The summed E-state index contributed by atoms with van der Waals surface area (Å²) < 4.78 is 5.68.